The number of rotatable bonds is 2. The van der Waals surface area contributed by atoms with Crippen molar-refractivity contribution in [1.29, 1.82) is 0 Å². The Kier molecular flexibility index (Phi) is 3.77. The molecule has 2 aromatic heterocycles. The zero-order valence-electron chi connectivity index (χ0n) is 14.6. The van der Waals surface area contributed by atoms with Crippen LogP contribution in [0.5, 0.6) is 0 Å². The van der Waals surface area contributed by atoms with Crippen molar-refractivity contribution in [3.05, 3.63) is 60.3 Å². The minimum atomic E-state index is -1.85. The number of nitrogens with zero attached hydrogens (tertiary/aromatic N) is 1. The Morgan fingerprint density at radius 3 is 2.42 bits per heavy atom. The summed E-state index contributed by atoms with van der Waals surface area (Å²) in [5.41, 5.74) is 3.75. The van der Waals surface area contributed by atoms with Gasteiger partial charge in [0.1, 0.15) is 0 Å². The molecule has 0 unspecified atom stereocenters. The summed E-state index contributed by atoms with van der Waals surface area (Å²) in [7, 11) is 0. The number of benzene rings is 2. The molecule has 4 rings (SSSR count). The Balaban J connectivity index is 1.95. The Morgan fingerprint density at radius 2 is 1.67 bits per heavy atom. The molecule has 0 aliphatic carbocycles. The van der Waals surface area contributed by atoms with Gasteiger partial charge in [-0.1, -0.05) is 0 Å². The van der Waals surface area contributed by atoms with Crippen molar-refractivity contribution in [1.82, 2.24) is 4.98 Å². The summed E-state index contributed by atoms with van der Waals surface area (Å²) in [5, 5.41) is 2.68. The second-order valence-electron chi connectivity index (χ2n) is 7.41. The second kappa shape index (κ2) is 5.71. The molecule has 2 heterocycles. The van der Waals surface area contributed by atoms with Crippen LogP contribution >= 0.6 is 11.3 Å². The molecule has 0 amide bonds. The first-order chi connectivity index (χ1) is 11.4. The Labute approximate surface area is 149 Å². The van der Waals surface area contributed by atoms with Crippen LogP contribution in [0, 0.1) is 6.92 Å². The van der Waals surface area contributed by atoms with Gasteiger partial charge in [0, 0.05) is 0 Å². The molecule has 0 spiro atoms. The number of pyridine rings is 1. The first kappa shape index (κ1) is 15.9. The summed E-state index contributed by atoms with van der Waals surface area (Å²) < 4.78 is 4.19. The van der Waals surface area contributed by atoms with E-state index in [1.165, 1.54) is 35.7 Å². The SMILES string of the molecule is Cc1cc(-c2cccc3c2sc2ccccc23)nc[c]1[Ge]([CH3])([CH3])[CH3]. The number of fused-ring (bicyclic) bond motifs is 3. The number of hydrogen-bond donors (Lipinski definition) is 0. The molecule has 0 atom stereocenters. The first-order valence-corrected chi connectivity index (χ1v) is 16.5. The molecule has 4 aromatic rings. The van der Waals surface area contributed by atoms with E-state index in [0.717, 1.165) is 5.69 Å². The molecule has 1 nitrogen and oxygen atoms in total. The number of hydrogen-bond acceptors (Lipinski definition) is 2. The molecule has 0 N–H and O–H groups in total. The summed E-state index contributed by atoms with van der Waals surface area (Å²) in [4.78, 5) is 4.85. The summed E-state index contributed by atoms with van der Waals surface area (Å²) in [6.07, 6.45) is 2.14. The molecule has 120 valence electrons. The molecular weight excluding hydrogens is 371 g/mol. The van der Waals surface area contributed by atoms with Gasteiger partial charge in [0.15, 0.2) is 0 Å². The molecule has 0 aliphatic rings. The first-order valence-electron chi connectivity index (χ1n) is 8.33. The van der Waals surface area contributed by atoms with E-state index in [0.29, 0.717) is 0 Å². The van der Waals surface area contributed by atoms with Gasteiger partial charge in [-0.3, -0.25) is 0 Å². The standard InChI is InChI=1S/C21H21GeNS/c1-14-12-19(23-13-18(14)22(2,3)4)17-10-7-9-16-15-8-5-6-11-20(15)24-21(16)17/h5-13H,1-4H3. The fraction of sp³-hybridized carbons (Fsp3) is 0.190. The third-order valence-corrected chi connectivity index (χ3v) is 10.3. The molecule has 3 heteroatoms. The van der Waals surface area contributed by atoms with Crippen LogP contribution in [0.3, 0.4) is 0 Å². The third-order valence-electron chi connectivity index (χ3n) is 4.60. The van der Waals surface area contributed by atoms with Gasteiger partial charge in [-0.2, -0.15) is 0 Å². The quantitative estimate of drug-likeness (QED) is 0.383. The van der Waals surface area contributed by atoms with E-state index >= 15 is 0 Å². The number of thiophene rings is 1. The van der Waals surface area contributed by atoms with Crippen LogP contribution in [0.15, 0.2) is 54.7 Å². The van der Waals surface area contributed by atoms with Crippen LogP contribution in [0.4, 0.5) is 0 Å². The predicted octanol–water partition coefficient (Wildman–Crippen LogP) is 5.97. The maximum atomic E-state index is 4.85. The van der Waals surface area contributed by atoms with Gasteiger partial charge in [0.25, 0.3) is 0 Å². The van der Waals surface area contributed by atoms with E-state index in [4.69, 9.17) is 4.98 Å². The Bertz CT molecular complexity index is 1060. The van der Waals surface area contributed by atoms with Gasteiger partial charge < -0.3 is 0 Å². The van der Waals surface area contributed by atoms with Crippen LogP contribution in [-0.2, 0) is 0 Å². The van der Waals surface area contributed by atoms with Gasteiger partial charge in [-0.25, -0.2) is 0 Å². The monoisotopic (exact) mass is 393 g/mol. The normalized spacial score (nSPS) is 12.2. The topological polar surface area (TPSA) is 12.9 Å². The molecule has 0 fully saturated rings. The summed E-state index contributed by atoms with van der Waals surface area (Å²) in [5.74, 6) is 7.28. The Morgan fingerprint density at radius 1 is 0.917 bits per heavy atom. The van der Waals surface area contributed by atoms with E-state index in [9.17, 15) is 0 Å². The van der Waals surface area contributed by atoms with Crippen LogP contribution in [0.2, 0.25) is 17.3 Å². The van der Waals surface area contributed by atoms with Gasteiger partial charge in [0.05, 0.1) is 0 Å². The van der Waals surface area contributed by atoms with E-state index in [1.54, 1.807) is 0 Å². The fourth-order valence-electron chi connectivity index (χ4n) is 3.44. The van der Waals surface area contributed by atoms with Gasteiger partial charge in [0.2, 0.25) is 0 Å². The average Bonchev–Trinajstić information content (AvgIpc) is 2.92. The summed E-state index contributed by atoms with van der Waals surface area (Å²) >= 11 is 0.0156. The van der Waals surface area contributed by atoms with Crippen molar-refractivity contribution in [2.75, 3.05) is 0 Å². The van der Waals surface area contributed by atoms with Crippen molar-refractivity contribution < 1.29 is 0 Å². The van der Waals surface area contributed by atoms with Crippen LogP contribution in [0.25, 0.3) is 31.4 Å². The zero-order chi connectivity index (χ0) is 16.9. The molecule has 24 heavy (non-hydrogen) atoms. The molecule has 0 saturated carbocycles. The number of aromatic nitrogens is 1. The molecule has 0 saturated heterocycles. The zero-order valence-corrected chi connectivity index (χ0v) is 17.5. The van der Waals surface area contributed by atoms with E-state index in [-0.39, 0.29) is 0 Å². The summed E-state index contributed by atoms with van der Waals surface area (Å²) in [6, 6.07) is 17.5. The predicted molar refractivity (Wildman–Crippen MR) is 110 cm³/mol. The van der Waals surface area contributed by atoms with Crippen LogP contribution < -0.4 is 4.40 Å². The molecular formula is C21H21GeNS. The van der Waals surface area contributed by atoms with Gasteiger partial charge in [-0.15, -0.1) is 0 Å². The van der Waals surface area contributed by atoms with E-state index in [2.05, 4.69) is 78.9 Å². The van der Waals surface area contributed by atoms with E-state index < -0.39 is 13.3 Å². The van der Waals surface area contributed by atoms with Crippen molar-refractivity contribution in [2.45, 2.75) is 24.2 Å². The minimum absolute atomic E-state index is 1.10. The van der Waals surface area contributed by atoms with Crippen molar-refractivity contribution in [2.24, 2.45) is 0 Å². The van der Waals surface area contributed by atoms with Crippen LogP contribution in [0.1, 0.15) is 5.56 Å². The van der Waals surface area contributed by atoms with Crippen LogP contribution in [-0.4, -0.2) is 18.3 Å². The number of aryl methyl sites for hydroxylation is 1. The summed E-state index contributed by atoms with van der Waals surface area (Å²) in [6.45, 7) is 2.24. The molecule has 0 aliphatic heterocycles. The Hall–Kier alpha value is -1.65. The van der Waals surface area contributed by atoms with Crippen molar-refractivity contribution in [3.8, 4) is 11.3 Å². The molecule has 2 aromatic carbocycles. The second-order valence-corrected chi connectivity index (χ2v) is 19.0. The molecule has 0 radical (unpaired) electrons. The van der Waals surface area contributed by atoms with Crippen molar-refractivity contribution in [3.63, 3.8) is 0 Å². The van der Waals surface area contributed by atoms with Gasteiger partial charge >= 0.3 is 150 Å². The fourth-order valence-corrected chi connectivity index (χ4v) is 8.24. The van der Waals surface area contributed by atoms with Gasteiger partial charge in [-0.05, 0) is 0 Å². The van der Waals surface area contributed by atoms with Crippen molar-refractivity contribution >= 4 is 49.2 Å². The van der Waals surface area contributed by atoms with E-state index in [1.807, 2.05) is 11.3 Å². The third kappa shape index (κ3) is 2.58. The molecule has 0 bridgehead atoms. The maximum absolute atomic E-state index is 4.85. The average molecular weight is 392 g/mol.